The van der Waals surface area contributed by atoms with Gasteiger partial charge in [-0.3, -0.25) is 4.79 Å². The summed E-state index contributed by atoms with van der Waals surface area (Å²) in [7, 11) is 0. The number of nitrogens with one attached hydrogen (secondary N) is 1. The van der Waals surface area contributed by atoms with Crippen molar-refractivity contribution in [3.63, 3.8) is 0 Å². The third kappa shape index (κ3) is 4.62. The van der Waals surface area contributed by atoms with E-state index in [1.54, 1.807) is 16.8 Å². The number of carbonyl (C=O) groups is 1. The number of carbonyl (C=O) groups excluding carboxylic acids is 1. The van der Waals surface area contributed by atoms with Crippen molar-refractivity contribution in [2.24, 2.45) is 5.92 Å². The molecule has 0 aliphatic heterocycles. The molecule has 1 N–H and O–H groups in total. The summed E-state index contributed by atoms with van der Waals surface area (Å²) in [5.74, 6) is 1.59. The second kappa shape index (κ2) is 8.63. The molecular formula is C22H25Cl2N5O2. The Balaban J connectivity index is 1.52. The van der Waals surface area contributed by atoms with E-state index in [0.717, 1.165) is 41.3 Å². The van der Waals surface area contributed by atoms with Gasteiger partial charge in [-0.25, -0.2) is 4.68 Å². The molecule has 2 heterocycles. The van der Waals surface area contributed by atoms with Crippen LogP contribution in [-0.2, 0) is 11.2 Å². The number of aromatic nitrogens is 4. The van der Waals surface area contributed by atoms with Gasteiger partial charge in [-0.05, 0) is 50.8 Å². The largest absolute Gasteiger partial charge is 0.344 e. The van der Waals surface area contributed by atoms with Crippen molar-refractivity contribution in [3.8, 4) is 5.69 Å². The van der Waals surface area contributed by atoms with Gasteiger partial charge in [0.15, 0.2) is 5.82 Å². The zero-order valence-corrected chi connectivity index (χ0v) is 19.5. The molecule has 1 aliphatic rings. The first-order valence-electron chi connectivity index (χ1n) is 10.4. The van der Waals surface area contributed by atoms with E-state index < -0.39 is 0 Å². The number of nitrogens with zero attached hydrogens (tertiary/aromatic N) is 4. The van der Waals surface area contributed by atoms with Gasteiger partial charge >= 0.3 is 0 Å². The zero-order chi connectivity index (χ0) is 22.3. The number of hydrogen-bond donors (Lipinski definition) is 1. The van der Waals surface area contributed by atoms with Crippen LogP contribution in [0.1, 0.15) is 67.3 Å². The predicted molar refractivity (Wildman–Crippen MR) is 119 cm³/mol. The molecule has 1 unspecified atom stereocenters. The Bertz CT molecular complexity index is 1120. The van der Waals surface area contributed by atoms with Crippen LogP contribution in [0.15, 0.2) is 22.7 Å². The van der Waals surface area contributed by atoms with Crippen LogP contribution in [0.2, 0.25) is 10.0 Å². The van der Waals surface area contributed by atoms with Gasteiger partial charge in [-0.15, -0.1) is 0 Å². The van der Waals surface area contributed by atoms with Crippen LogP contribution < -0.4 is 5.32 Å². The van der Waals surface area contributed by atoms with Crippen molar-refractivity contribution in [2.45, 2.75) is 58.9 Å². The van der Waals surface area contributed by atoms with Gasteiger partial charge in [0.25, 0.3) is 0 Å². The van der Waals surface area contributed by atoms with Crippen LogP contribution in [0.4, 0.5) is 0 Å². The lowest BCUT2D eigenvalue weighted by molar-refractivity contribution is -0.121. The molecule has 1 saturated carbocycles. The molecule has 1 amide bonds. The van der Waals surface area contributed by atoms with Crippen LogP contribution >= 0.6 is 23.2 Å². The molecule has 4 rings (SSSR count). The summed E-state index contributed by atoms with van der Waals surface area (Å²) < 4.78 is 7.23. The van der Waals surface area contributed by atoms with Crippen molar-refractivity contribution in [1.29, 1.82) is 0 Å². The van der Waals surface area contributed by atoms with Crippen molar-refractivity contribution in [2.75, 3.05) is 0 Å². The highest BCUT2D eigenvalue weighted by Crippen LogP contribution is 2.38. The predicted octanol–water partition coefficient (Wildman–Crippen LogP) is 5.11. The quantitative estimate of drug-likeness (QED) is 0.527. The number of hydrogen-bond acceptors (Lipinski definition) is 5. The first-order chi connectivity index (χ1) is 14.7. The van der Waals surface area contributed by atoms with Gasteiger partial charge in [-0.2, -0.15) is 10.1 Å². The third-order valence-electron chi connectivity index (χ3n) is 5.58. The summed E-state index contributed by atoms with van der Waals surface area (Å²) in [4.78, 5) is 17.4. The Labute approximate surface area is 191 Å². The fraction of sp³-hybridized carbons (Fsp3) is 0.455. The number of rotatable bonds is 7. The highest BCUT2D eigenvalue weighted by molar-refractivity contribution is 6.42. The Morgan fingerprint density at radius 3 is 2.65 bits per heavy atom. The third-order valence-corrected chi connectivity index (χ3v) is 6.31. The van der Waals surface area contributed by atoms with E-state index in [9.17, 15) is 4.79 Å². The highest BCUT2D eigenvalue weighted by atomic mass is 35.5. The first kappa shape index (κ1) is 21.8. The number of aryl methyl sites for hydroxylation is 1. The summed E-state index contributed by atoms with van der Waals surface area (Å²) in [6.45, 7) is 7.87. The minimum atomic E-state index is -0.335. The van der Waals surface area contributed by atoms with E-state index in [1.165, 1.54) is 0 Å². The summed E-state index contributed by atoms with van der Waals surface area (Å²) in [6, 6.07) is 5.00. The average molecular weight is 462 g/mol. The van der Waals surface area contributed by atoms with Crippen LogP contribution in [0, 0.1) is 19.8 Å². The van der Waals surface area contributed by atoms with Crippen molar-refractivity contribution >= 4 is 29.1 Å². The van der Waals surface area contributed by atoms with Crippen molar-refractivity contribution in [3.05, 3.63) is 56.9 Å². The lowest BCUT2D eigenvalue weighted by Gasteiger charge is -2.18. The highest BCUT2D eigenvalue weighted by Gasteiger charge is 2.32. The lowest BCUT2D eigenvalue weighted by Crippen LogP contribution is -2.33. The molecule has 0 saturated heterocycles. The van der Waals surface area contributed by atoms with Gasteiger partial charge in [-0.1, -0.05) is 42.2 Å². The van der Waals surface area contributed by atoms with Gasteiger partial charge < -0.3 is 9.84 Å². The van der Waals surface area contributed by atoms with Crippen LogP contribution in [0.5, 0.6) is 0 Å². The maximum atomic E-state index is 12.9. The Morgan fingerprint density at radius 2 is 2.00 bits per heavy atom. The SMILES string of the molecule is Cc1nn(-c2ccc(Cl)c(Cl)c2)c(C)c1CC(=O)NC(c1nc(C2CC2)no1)C(C)C. The van der Waals surface area contributed by atoms with E-state index in [1.807, 2.05) is 33.8 Å². The molecule has 0 radical (unpaired) electrons. The fourth-order valence-electron chi connectivity index (χ4n) is 3.58. The molecule has 7 nitrogen and oxygen atoms in total. The van der Waals surface area contributed by atoms with Crippen LogP contribution in [-0.4, -0.2) is 25.8 Å². The molecule has 0 bridgehead atoms. The van der Waals surface area contributed by atoms with E-state index in [0.29, 0.717) is 21.9 Å². The normalized spacial score (nSPS) is 14.8. The molecule has 2 aromatic heterocycles. The van der Waals surface area contributed by atoms with Gasteiger partial charge in [0.1, 0.15) is 6.04 Å². The molecule has 3 aromatic rings. The molecule has 0 spiro atoms. The molecule has 31 heavy (non-hydrogen) atoms. The molecule has 1 fully saturated rings. The average Bonchev–Trinajstić information content (AvgIpc) is 3.40. The van der Waals surface area contributed by atoms with Crippen LogP contribution in [0.25, 0.3) is 5.69 Å². The monoisotopic (exact) mass is 461 g/mol. The van der Waals surface area contributed by atoms with E-state index in [2.05, 4.69) is 20.6 Å². The van der Waals surface area contributed by atoms with E-state index >= 15 is 0 Å². The lowest BCUT2D eigenvalue weighted by atomic mass is 10.0. The van der Waals surface area contributed by atoms with Gasteiger partial charge in [0.05, 0.1) is 27.8 Å². The molecule has 1 atom stereocenters. The molecule has 9 heteroatoms. The first-order valence-corrected chi connectivity index (χ1v) is 11.1. The van der Waals surface area contributed by atoms with Gasteiger partial charge in [0.2, 0.25) is 11.8 Å². The Morgan fingerprint density at radius 1 is 1.26 bits per heavy atom. The minimum Gasteiger partial charge on any atom is -0.344 e. The van der Waals surface area contributed by atoms with Crippen molar-refractivity contribution < 1.29 is 9.32 Å². The van der Waals surface area contributed by atoms with E-state index in [4.69, 9.17) is 27.7 Å². The summed E-state index contributed by atoms with van der Waals surface area (Å²) in [5.41, 5.74) is 3.32. The Hall–Kier alpha value is -2.38. The maximum Gasteiger partial charge on any atom is 0.249 e. The second-order valence-corrected chi connectivity index (χ2v) is 9.21. The number of amides is 1. The maximum absolute atomic E-state index is 12.9. The molecule has 1 aromatic carbocycles. The molecule has 1 aliphatic carbocycles. The summed E-state index contributed by atoms with van der Waals surface area (Å²) >= 11 is 12.2. The van der Waals surface area contributed by atoms with Crippen molar-refractivity contribution in [1.82, 2.24) is 25.2 Å². The topological polar surface area (TPSA) is 85.8 Å². The van der Waals surface area contributed by atoms with E-state index in [-0.39, 0.29) is 24.3 Å². The Kier molecular flexibility index (Phi) is 6.08. The second-order valence-electron chi connectivity index (χ2n) is 8.39. The smallest absolute Gasteiger partial charge is 0.249 e. The summed E-state index contributed by atoms with van der Waals surface area (Å²) in [6.07, 6.45) is 2.39. The number of benzene rings is 1. The molecular weight excluding hydrogens is 437 g/mol. The summed E-state index contributed by atoms with van der Waals surface area (Å²) in [5, 5.41) is 12.7. The number of halogens is 2. The van der Waals surface area contributed by atoms with Crippen LogP contribution in [0.3, 0.4) is 0 Å². The minimum absolute atomic E-state index is 0.109. The zero-order valence-electron chi connectivity index (χ0n) is 17.9. The standard InChI is InChI=1S/C22H25Cl2N5O2/c1-11(2)20(22-26-21(28-31-22)14-5-6-14)25-19(30)10-16-12(3)27-29(13(16)4)15-7-8-17(23)18(24)9-15/h7-9,11,14,20H,5-6,10H2,1-4H3,(H,25,30). The van der Waals surface area contributed by atoms with Gasteiger partial charge in [0, 0.05) is 17.2 Å². The fourth-order valence-corrected chi connectivity index (χ4v) is 3.87. The molecule has 164 valence electrons.